The zero-order chi connectivity index (χ0) is 8.55. The lowest BCUT2D eigenvalue weighted by atomic mass is 10.2. The van der Waals surface area contributed by atoms with Crippen LogP contribution in [-0.2, 0) is 0 Å². The third-order valence-corrected chi connectivity index (χ3v) is 2.88. The molecule has 1 aliphatic rings. The molecule has 1 aliphatic heterocycles. The Kier molecular flexibility index (Phi) is 1.92. The summed E-state index contributed by atoms with van der Waals surface area (Å²) in [4.78, 5) is 4.32. The van der Waals surface area contributed by atoms with Crippen LogP contribution in [0.15, 0.2) is 0 Å². The molecule has 3 nitrogen and oxygen atoms in total. The maximum Gasteiger partial charge on any atom is 0.269 e. The van der Waals surface area contributed by atoms with E-state index in [1.807, 2.05) is 0 Å². The van der Waals surface area contributed by atoms with E-state index in [9.17, 15) is 0 Å². The van der Waals surface area contributed by atoms with Gasteiger partial charge in [-0.25, -0.2) is 4.98 Å². The van der Waals surface area contributed by atoms with Gasteiger partial charge in [0.15, 0.2) is 0 Å². The molecule has 4 heteroatoms. The van der Waals surface area contributed by atoms with Crippen LogP contribution in [0.25, 0.3) is 0 Å². The van der Waals surface area contributed by atoms with Gasteiger partial charge in [-0.15, -0.1) is 0 Å². The van der Waals surface area contributed by atoms with Gasteiger partial charge < -0.3 is 9.47 Å². The Labute approximate surface area is 75.3 Å². The van der Waals surface area contributed by atoms with Crippen molar-refractivity contribution in [1.29, 1.82) is 0 Å². The molecule has 0 fully saturated rings. The molecule has 66 valence electrons. The minimum Gasteiger partial charge on any atom is -0.476 e. The summed E-state index contributed by atoms with van der Waals surface area (Å²) in [5.74, 6) is 1.13. The van der Waals surface area contributed by atoms with Gasteiger partial charge in [0.05, 0.1) is 0 Å². The Morgan fingerprint density at radius 3 is 2.75 bits per heavy atom. The minimum absolute atomic E-state index is 0.452. The average molecular weight is 185 g/mol. The maximum atomic E-state index is 5.39. The number of fused-ring (bicyclic) bond motifs is 1. The third-order valence-electron chi connectivity index (χ3n) is 1.63. The highest BCUT2D eigenvalue weighted by Crippen LogP contribution is 2.38. The van der Waals surface area contributed by atoms with Crippen LogP contribution in [0.2, 0.25) is 0 Å². The molecule has 0 aliphatic carbocycles. The molecule has 2 heterocycles. The number of ether oxygens (including phenoxy) is 2. The van der Waals surface area contributed by atoms with E-state index < -0.39 is 0 Å². The summed E-state index contributed by atoms with van der Waals surface area (Å²) in [5.41, 5.74) is 0. The molecule has 0 atom stereocenters. The SMILES string of the molecule is CC(C)c1nc2c(s1)OCCO2. The van der Waals surface area contributed by atoms with Crippen molar-refractivity contribution in [3.63, 3.8) is 0 Å². The summed E-state index contributed by atoms with van der Waals surface area (Å²) >= 11 is 1.59. The summed E-state index contributed by atoms with van der Waals surface area (Å²) in [5, 5.41) is 1.92. The number of aromatic nitrogens is 1. The van der Waals surface area contributed by atoms with Crippen LogP contribution in [-0.4, -0.2) is 18.2 Å². The molecule has 0 saturated heterocycles. The van der Waals surface area contributed by atoms with Crippen molar-refractivity contribution in [1.82, 2.24) is 4.98 Å². The van der Waals surface area contributed by atoms with E-state index in [2.05, 4.69) is 18.8 Å². The predicted molar refractivity (Wildman–Crippen MR) is 47.2 cm³/mol. The Morgan fingerprint density at radius 2 is 2.08 bits per heavy atom. The fourth-order valence-electron chi connectivity index (χ4n) is 1.01. The van der Waals surface area contributed by atoms with Crippen molar-refractivity contribution in [2.24, 2.45) is 0 Å². The Hall–Kier alpha value is -0.770. The van der Waals surface area contributed by atoms with E-state index >= 15 is 0 Å². The number of thiazole rings is 1. The highest BCUT2D eigenvalue weighted by atomic mass is 32.1. The van der Waals surface area contributed by atoms with Gasteiger partial charge in [0.2, 0.25) is 5.06 Å². The van der Waals surface area contributed by atoms with Crippen molar-refractivity contribution in [3.8, 4) is 10.9 Å². The lowest BCUT2D eigenvalue weighted by Gasteiger charge is -2.11. The Morgan fingerprint density at radius 1 is 1.33 bits per heavy atom. The van der Waals surface area contributed by atoms with Crippen molar-refractivity contribution >= 4 is 11.3 Å². The normalized spacial score (nSPS) is 15.2. The first-order chi connectivity index (χ1) is 5.77. The van der Waals surface area contributed by atoms with E-state index in [-0.39, 0.29) is 0 Å². The van der Waals surface area contributed by atoms with Crippen molar-refractivity contribution in [3.05, 3.63) is 5.01 Å². The van der Waals surface area contributed by atoms with Crippen LogP contribution in [0, 0.1) is 0 Å². The molecule has 0 saturated carbocycles. The van der Waals surface area contributed by atoms with Gasteiger partial charge in [-0.2, -0.15) is 0 Å². The van der Waals surface area contributed by atoms with E-state index in [0.717, 1.165) is 10.1 Å². The maximum absolute atomic E-state index is 5.39. The summed E-state index contributed by atoms with van der Waals surface area (Å²) in [6.45, 7) is 5.50. The summed E-state index contributed by atoms with van der Waals surface area (Å²) < 4.78 is 10.7. The van der Waals surface area contributed by atoms with Gasteiger partial charge in [-0.3, -0.25) is 0 Å². The van der Waals surface area contributed by atoms with Crippen LogP contribution >= 0.6 is 11.3 Å². The number of rotatable bonds is 1. The van der Waals surface area contributed by atoms with Gasteiger partial charge >= 0.3 is 0 Å². The lowest BCUT2D eigenvalue weighted by molar-refractivity contribution is 0.171. The Bertz CT molecular complexity index is 259. The number of hydrogen-bond acceptors (Lipinski definition) is 4. The molecule has 0 aromatic carbocycles. The molecule has 0 N–H and O–H groups in total. The molecule has 0 amide bonds. The summed E-state index contributed by atoms with van der Waals surface area (Å²) in [6.07, 6.45) is 0. The van der Waals surface area contributed by atoms with Gasteiger partial charge in [0, 0.05) is 5.92 Å². The fourth-order valence-corrected chi connectivity index (χ4v) is 1.90. The second-order valence-electron chi connectivity index (χ2n) is 3.00. The van der Waals surface area contributed by atoms with Crippen molar-refractivity contribution < 1.29 is 9.47 Å². The van der Waals surface area contributed by atoms with Crippen LogP contribution in [0.1, 0.15) is 24.8 Å². The fraction of sp³-hybridized carbons (Fsp3) is 0.625. The van der Waals surface area contributed by atoms with Gasteiger partial charge in [-0.1, -0.05) is 25.2 Å². The minimum atomic E-state index is 0.452. The monoisotopic (exact) mass is 185 g/mol. The molecule has 0 bridgehead atoms. The second-order valence-corrected chi connectivity index (χ2v) is 3.99. The van der Waals surface area contributed by atoms with Crippen LogP contribution < -0.4 is 9.47 Å². The average Bonchev–Trinajstić information content (AvgIpc) is 2.46. The Balaban J connectivity index is 2.32. The van der Waals surface area contributed by atoms with E-state index in [1.165, 1.54) is 0 Å². The van der Waals surface area contributed by atoms with Gasteiger partial charge in [0.1, 0.15) is 18.2 Å². The van der Waals surface area contributed by atoms with Crippen LogP contribution in [0.3, 0.4) is 0 Å². The molecule has 1 aromatic heterocycles. The molecule has 0 radical (unpaired) electrons. The molecule has 1 aromatic rings. The zero-order valence-corrected chi connectivity index (χ0v) is 7.98. The number of hydrogen-bond donors (Lipinski definition) is 0. The van der Waals surface area contributed by atoms with Crippen molar-refractivity contribution in [2.45, 2.75) is 19.8 Å². The largest absolute Gasteiger partial charge is 0.476 e. The van der Waals surface area contributed by atoms with Crippen LogP contribution in [0.4, 0.5) is 0 Å². The quantitative estimate of drug-likeness (QED) is 0.671. The highest BCUT2D eigenvalue weighted by molar-refractivity contribution is 7.13. The predicted octanol–water partition coefficient (Wildman–Crippen LogP) is 2.04. The standard InChI is InChI=1S/C8H11NO2S/c1-5(2)7-9-6-8(12-7)11-4-3-10-6/h5H,3-4H2,1-2H3. The topological polar surface area (TPSA) is 31.4 Å². The molecule has 2 rings (SSSR count). The van der Waals surface area contributed by atoms with Gasteiger partial charge in [0.25, 0.3) is 5.88 Å². The zero-order valence-electron chi connectivity index (χ0n) is 7.16. The van der Waals surface area contributed by atoms with Gasteiger partial charge in [-0.05, 0) is 0 Å². The molecule has 0 unspecified atom stereocenters. The molecular formula is C8H11NO2S. The second kappa shape index (κ2) is 2.94. The van der Waals surface area contributed by atoms with Crippen LogP contribution in [0.5, 0.6) is 10.9 Å². The lowest BCUT2D eigenvalue weighted by Crippen LogP contribution is -2.14. The molecule has 0 spiro atoms. The summed E-state index contributed by atoms with van der Waals surface area (Å²) in [7, 11) is 0. The van der Waals surface area contributed by atoms with E-state index in [4.69, 9.17) is 9.47 Å². The first-order valence-corrected chi connectivity index (χ1v) is 4.85. The first-order valence-electron chi connectivity index (χ1n) is 4.03. The highest BCUT2D eigenvalue weighted by Gasteiger charge is 2.18. The first kappa shape index (κ1) is 7.86. The number of nitrogens with zero attached hydrogens (tertiary/aromatic N) is 1. The van der Waals surface area contributed by atoms with E-state index in [1.54, 1.807) is 11.3 Å². The van der Waals surface area contributed by atoms with Crippen molar-refractivity contribution in [2.75, 3.05) is 13.2 Å². The smallest absolute Gasteiger partial charge is 0.269 e. The molecule has 12 heavy (non-hydrogen) atoms. The third kappa shape index (κ3) is 1.27. The van der Waals surface area contributed by atoms with E-state index in [0.29, 0.717) is 25.0 Å². The summed E-state index contributed by atoms with van der Waals surface area (Å²) in [6, 6.07) is 0. The molecular weight excluding hydrogens is 174 g/mol.